The predicted molar refractivity (Wildman–Crippen MR) is 91.2 cm³/mol. The lowest BCUT2D eigenvalue weighted by molar-refractivity contribution is -0.363. The van der Waals surface area contributed by atoms with Gasteiger partial charge in [-0.3, -0.25) is 4.68 Å². The normalized spacial score (nSPS) is 18.9. The molecule has 0 unspecified atom stereocenters. The molecule has 124 valence electrons. The number of allylic oxidation sites excluding steroid dienone is 2. The van der Waals surface area contributed by atoms with Crippen LogP contribution in [0.15, 0.2) is 35.8 Å². The molecule has 0 amide bonds. The Kier molecular flexibility index (Phi) is 2.87. The van der Waals surface area contributed by atoms with Gasteiger partial charge in [-0.05, 0) is 38.1 Å². The molecule has 0 saturated heterocycles. The number of fused-ring (bicyclic) bond motifs is 2. The molecule has 7 heteroatoms. The largest absolute Gasteiger partial charge is 0.737 e. The first kappa shape index (κ1) is 15.1. The SMILES string of the molecule is CC1=CC(C)=[N+]2C1=C(c1cnn(C)c1)c1c(C)cc(C)n1[B-]2(F)F. The molecule has 0 fully saturated rings. The first-order valence-corrected chi connectivity index (χ1v) is 7.99. The van der Waals surface area contributed by atoms with E-state index in [1.165, 1.54) is 8.96 Å². The Labute approximate surface area is 139 Å². The molecular formula is C17H19BF2N4. The van der Waals surface area contributed by atoms with E-state index in [9.17, 15) is 0 Å². The molecule has 0 N–H and O–H groups in total. The zero-order valence-electron chi connectivity index (χ0n) is 14.4. The lowest BCUT2D eigenvalue weighted by Gasteiger charge is -2.33. The number of aromatic nitrogens is 3. The number of aryl methyl sites for hydroxylation is 3. The molecule has 2 aromatic heterocycles. The lowest BCUT2D eigenvalue weighted by Crippen LogP contribution is -2.51. The molecule has 2 aromatic rings. The van der Waals surface area contributed by atoms with E-state index in [1.54, 1.807) is 24.7 Å². The van der Waals surface area contributed by atoms with Gasteiger partial charge in [0.05, 0.1) is 11.8 Å². The summed E-state index contributed by atoms with van der Waals surface area (Å²) in [5.41, 5.74) is 5.74. The van der Waals surface area contributed by atoms with Crippen LogP contribution in [-0.4, -0.2) is 31.4 Å². The molecule has 0 aromatic carbocycles. The van der Waals surface area contributed by atoms with Crippen molar-refractivity contribution in [2.45, 2.75) is 27.7 Å². The van der Waals surface area contributed by atoms with Crippen LogP contribution in [0.3, 0.4) is 0 Å². The van der Waals surface area contributed by atoms with Gasteiger partial charge in [-0.2, -0.15) is 5.10 Å². The summed E-state index contributed by atoms with van der Waals surface area (Å²) >= 11 is 0. The molecule has 2 aliphatic rings. The average molecular weight is 328 g/mol. The monoisotopic (exact) mass is 328 g/mol. The topological polar surface area (TPSA) is 25.8 Å². The summed E-state index contributed by atoms with van der Waals surface area (Å²) in [7, 11) is 1.83. The standard InChI is InChI=1S/C17H19BF2N4/c1-10-6-12(3)23-16(10)15(14-8-21-22(5)9-14)17-11(2)7-13(4)24(17)18(23,19)20/h6-9H,1-5H3. The van der Waals surface area contributed by atoms with Crippen molar-refractivity contribution in [3.63, 3.8) is 0 Å². The summed E-state index contributed by atoms with van der Waals surface area (Å²) in [4.78, 5) is 0. The third-order valence-electron chi connectivity index (χ3n) is 4.93. The second-order valence-corrected chi connectivity index (χ2v) is 6.74. The summed E-state index contributed by atoms with van der Waals surface area (Å²) in [6, 6.07) is 1.83. The summed E-state index contributed by atoms with van der Waals surface area (Å²) in [5, 5.41) is 4.24. The number of halogens is 2. The van der Waals surface area contributed by atoms with E-state index in [0.29, 0.717) is 22.8 Å². The fourth-order valence-electron chi connectivity index (χ4n) is 4.12. The Balaban J connectivity index is 2.19. The molecule has 0 spiro atoms. The van der Waals surface area contributed by atoms with Crippen LogP contribution >= 0.6 is 0 Å². The van der Waals surface area contributed by atoms with E-state index in [0.717, 1.165) is 22.3 Å². The molecule has 0 saturated carbocycles. The smallest absolute Gasteiger partial charge is 0.393 e. The van der Waals surface area contributed by atoms with Gasteiger partial charge in [-0.15, -0.1) is 0 Å². The number of rotatable bonds is 1. The van der Waals surface area contributed by atoms with Crippen LogP contribution in [0.25, 0.3) is 5.57 Å². The van der Waals surface area contributed by atoms with Crippen molar-refractivity contribution in [3.8, 4) is 0 Å². The van der Waals surface area contributed by atoms with Crippen molar-refractivity contribution in [3.05, 3.63) is 58.3 Å². The van der Waals surface area contributed by atoms with Gasteiger partial charge in [0.25, 0.3) is 0 Å². The maximum Gasteiger partial charge on any atom is 0.737 e. The average Bonchev–Trinajstić information content (AvgIpc) is 3.10. The molecule has 0 bridgehead atoms. The maximum absolute atomic E-state index is 15.4. The maximum atomic E-state index is 15.4. The van der Waals surface area contributed by atoms with Gasteiger partial charge in [0.1, 0.15) is 5.71 Å². The van der Waals surface area contributed by atoms with Crippen molar-refractivity contribution >= 4 is 18.3 Å². The van der Waals surface area contributed by atoms with Gasteiger partial charge in [-0.25, -0.2) is 0 Å². The second-order valence-electron chi connectivity index (χ2n) is 6.74. The summed E-state index contributed by atoms with van der Waals surface area (Å²) in [5.74, 6) is 0. The minimum Gasteiger partial charge on any atom is -0.393 e. The molecule has 0 atom stereocenters. The Morgan fingerprint density at radius 3 is 2.50 bits per heavy atom. The van der Waals surface area contributed by atoms with Gasteiger partial charge >= 0.3 is 6.97 Å². The third kappa shape index (κ3) is 1.72. The summed E-state index contributed by atoms with van der Waals surface area (Å²) < 4.78 is 34.9. The van der Waals surface area contributed by atoms with Crippen LogP contribution in [0.4, 0.5) is 8.63 Å². The van der Waals surface area contributed by atoms with E-state index in [2.05, 4.69) is 5.10 Å². The molecule has 4 rings (SSSR count). The van der Waals surface area contributed by atoms with E-state index in [4.69, 9.17) is 0 Å². The fraction of sp³-hybridized carbons (Fsp3) is 0.294. The van der Waals surface area contributed by atoms with Crippen molar-refractivity contribution in [2.24, 2.45) is 7.05 Å². The highest BCUT2D eigenvalue weighted by Crippen LogP contribution is 2.43. The van der Waals surface area contributed by atoms with E-state index in [1.807, 2.05) is 39.2 Å². The minimum absolute atomic E-state index is 0.574. The molecule has 0 aliphatic carbocycles. The lowest BCUT2D eigenvalue weighted by atomic mass is 9.84. The van der Waals surface area contributed by atoms with Crippen molar-refractivity contribution in [2.75, 3.05) is 0 Å². The quantitative estimate of drug-likeness (QED) is 0.738. The molecule has 2 aliphatic heterocycles. The van der Waals surface area contributed by atoms with Crippen molar-refractivity contribution < 1.29 is 13.1 Å². The number of hydrogen-bond acceptors (Lipinski definition) is 1. The number of hydrogen-bond donors (Lipinski definition) is 0. The van der Waals surface area contributed by atoms with Gasteiger partial charge in [0.15, 0.2) is 5.70 Å². The molecule has 4 heterocycles. The minimum atomic E-state index is -3.91. The second kappa shape index (κ2) is 4.56. The highest BCUT2D eigenvalue weighted by molar-refractivity contribution is 6.58. The fourth-order valence-corrected chi connectivity index (χ4v) is 4.12. The van der Waals surface area contributed by atoms with E-state index in [-0.39, 0.29) is 0 Å². The van der Waals surface area contributed by atoms with Gasteiger partial charge in [0, 0.05) is 43.1 Å². The zero-order valence-corrected chi connectivity index (χ0v) is 14.4. The Morgan fingerprint density at radius 2 is 1.88 bits per heavy atom. The van der Waals surface area contributed by atoms with E-state index >= 15 is 8.63 Å². The number of nitrogens with zero attached hydrogens (tertiary/aromatic N) is 4. The van der Waals surface area contributed by atoms with Crippen molar-refractivity contribution in [1.29, 1.82) is 0 Å². The van der Waals surface area contributed by atoms with Gasteiger partial charge in [-0.1, -0.05) is 0 Å². The highest BCUT2D eigenvalue weighted by Gasteiger charge is 2.55. The van der Waals surface area contributed by atoms with Gasteiger partial charge < -0.3 is 17.6 Å². The van der Waals surface area contributed by atoms with E-state index < -0.39 is 6.97 Å². The molecule has 4 nitrogen and oxygen atoms in total. The molecule has 0 radical (unpaired) electrons. The van der Waals surface area contributed by atoms with Gasteiger partial charge in [0.2, 0.25) is 0 Å². The Morgan fingerprint density at radius 1 is 1.17 bits per heavy atom. The van der Waals surface area contributed by atoms with Crippen LogP contribution in [0.5, 0.6) is 0 Å². The zero-order chi connectivity index (χ0) is 17.4. The first-order valence-electron chi connectivity index (χ1n) is 7.99. The highest BCUT2D eigenvalue weighted by atomic mass is 19.2. The predicted octanol–water partition coefficient (Wildman–Crippen LogP) is 3.27. The molecule has 24 heavy (non-hydrogen) atoms. The van der Waals surface area contributed by atoms with Crippen LogP contribution in [-0.2, 0) is 7.05 Å². The van der Waals surface area contributed by atoms with Crippen molar-refractivity contribution in [1.82, 2.24) is 14.3 Å². The Bertz CT molecular complexity index is 988. The van der Waals surface area contributed by atoms with Crippen LogP contribution < -0.4 is 0 Å². The summed E-state index contributed by atoms with van der Waals surface area (Å²) in [6.07, 6.45) is 5.45. The molecular weight excluding hydrogens is 309 g/mol. The van der Waals surface area contributed by atoms with Crippen LogP contribution in [0.2, 0.25) is 0 Å². The summed E-state index contributed by atoms with van der Waals surface area (Å²) in [6.45, 7) is 3.35. The third-order valence-corrected chi connectivity index (χ3v) is 4.93. The van der Waals surface area contributed by atoms with Crippen LogP contribution in [0.1, 0.15) is 36.4 Å². The first-order chi connectivity index (χ1) is 11.2. The Hall–Kier alpha value is -2.44. The van der Waals surface area contributed by atoms with Crippen LogP contribution in [0, 0.1) is 13.8 Å².